The lowest BCUT2D eigenvalue weighted by atomic mass is 9.82. The van der Waals surface area contributed by atoms with Gasteiger partial charge in [0.15, 0.2) is 0 Å². The number of halogens is 1. The molecule has 1 saturated carbocycles. The molecule has 1 aromatic heterocycles. The Kier molecular flexibility index (Phi) is 5.79. The molecule has 1 aliphatic carbocycles. The van der Waals surface area contributed by atoms with Crippen LogP contribution in [0.1, 0.15) is 56.6 Å². The van der Waals surface area contributed by atoms with Crippen molar-refractivity contribution in [1.29, 1.82) is 0 Å². The van der Waals surface area contributed by atoms with Crippen molar-refractivity contribution in [2.24, 2.45) is 0 Å². The highest BCUT2D eigenvalue weighted by Gasteiger charge is 2.32. The number of ether oxygens (including phenoxy) is 1. The van der Waals surface area contributed by atoms with E-state index in [2.05, 4.69) is 23.0 Å². The molecule has 0 bridgehead atoms. The Bertz CT molecular complexity index is 833. The lowest BCUT2D eigenvalue weighted by Crippen LogP contribution is -2.48. The SMILES string of the molecule is CN(C1CCOCC1)C1CCN(c2cn(-c3ccc(F)cc3)nc2C2CCC2)CC1. The van der Waals surface area contributed by atoms with Crippen molar-refractivity contribution in [2.45, 2.75) is 62.9 Å². The fraction of sp³-hybridized carbons (Fsp3) is 0.625. The predicted octanol–water partition coefficient (Wildman–Crippen LogP) is 4.36. The molecule has 0 amide bonds. The molecular weight excluding hydrogens is 379 g/mol. The molecular formula is C24H33FN4O. The molecule has 30 heavy (non-hydrogen) atoms. The lowest BCUT2D eigenvalue weighted by Gasteiger charge is -2.42. The Morgan fingerprint density at radius 1 is 0.967 bits per heavy atom. The third-order valence-corrected chi connectivity index (χ3v) is 7.45. The van der Waals surface area contributed by atoms with Crippen LogP contribution in [-0.4, -0.2) is 60.1 Å². The normalized spacial score (nSPS) is 21.9. The molecule has 0 atom stereocenters. The van der Waals surface area contributed by atoms with E-state index in [-0.39, 0.29) is 5.82 Å². The molecule has 3 heterocycles. The summed E-state index contributed by atoms with van der Waals surface area (Å²) in [4.78, 5) is 5.16. The summed E-state index contributed by atoms with van der Waals surface area (Å²) >= 11 is 0. The van der Waals surface area contributed by atoms with E-state index in [1.165, 1.54) is 55.6 Å². The van der Waals surface area contributed by atoms with Crippen LogP contribution in [0.25, 0.3) is 5.69 Å². The first kappa shape index (κ1) is 20.0. The monoisotopic (exact) mass is 412 g/mol. The second kappa shape index (κ2) is 8.67. The van der Waals surface area contributed by atoms with E-state index in [9.17, 15) is 4.39 Å². The number of anilines is 1. The second-order valence-electron chi connectivity index (χ2n) is 9.18. The zero-order valence-electron chi connectivity index (χ0n) is 18.0. The first-order valence-corrected chi connectivity index (χ1v) is 11.6. The van der Waals surface area contributed by atoms with E-state index in [0.717, 1.165) is 44.8 Å². The van der Waals surface area contributed by atoms with E-state index in [1.807, 2.05) is 16.8 Å². The van der Waals surface area contributed by atoms with Crippen molar-refractivity contribution in [3.8, 4) is 5.69 Å². The summed E-state index contributed by atoms with van der Waals surface area (Å²) in [6.45, 7) is 3.96. The van der Waals surface area contributed by atoms with Gasteiger partial charge in [-0.25, -0.2) is 9.07 Å². The first-order valence-electron chi connectivity index (χ1n) is 11.6. The molecule has 0 radical (unpaired) electrons. The van der Waals surface area contributed by atoms with Gasteiger partial charge in [-0.3, -0.25) is 0 Å². The molecule has 2 aliphatic heterocycles. The van der Waals surface area contributed by atoms with Gasteiger partial charge in [0.05, 0.1) is 23.3 Å². The Morgan fingerprint density at radius 2 is 1.63 bits per heavy atom. The number of nitrogens with zero attached hydrogens (tertiary/aromatic N) is 4. The maximum Gasteiger partial charge on any atom is 0.123 e. The maximum atomic E-state index is 13.4. The van der Waals surface area contributed by atoms with Crippen LogP contribution in [0.4, 0.5) is 10.1 Å². The lowest BCUT2D eigenvalue weighted by molar-refractivity contribution is 0.0244. The van der Waals surface area contributed by atoms with Gasteiger partial charge >= 0.3 is 0 Å². The summed E-state index contributed by atoms with van der Waals surface area (Å²) in [7, 11) is 2.31. The van der Waals surface area contributed by atoms with Crippen molar-refractivity contribution in [3.63, 3.8) is 0 Å². The predicted molar refractivity (Wildman–Crippen MR) is 117 cm³/mol. The summed E-state index contributed by atoms with van der Waals surface area (Å²) in [6.07, 6.45) is 10.6. The van der Waals surface area contributed by atoms with Crippen LogP contribution < -0.4 is 4.90 Å². The molecule has 6 heteroatoms. The molecule has 2 saturated heterocycles. The van der Waals surface area contributed by atoms with Crippen LogP contribution in [-0.2, 0) is 4.74 Å². The number of aromatic nitrogens is 2. The van der Waals surface area contributed by atoms with E-state index >= 15 is 0 Å². The molecule has 162 valence electrons. The minimum absolute atomic E-state index is 0.207. The average molecular weight is 413 g/mol. The van der Waals surface area contributed by atoms with Gasteiger partial charge in [0, 0.05) is 44.3 Å². The van der Waals surface area contributed by atoms with Gasteiger partial charge in [-0.05, 0) is 69.8 Å². The van der Waals surface area contributed by atoms with Crippen LogP contribution in [0, 0.1) is 5.82 Å². The number of hydrogen-bond acceptors (Lipinski definition) is 4. The van der Waals surface area contributed by atoms with E-state index in [0.29, 0.717) is 18.0 Å². The third kappa shape index (κ3) is 4.00. The highest BCUT2D eigenvalue weighted by atomic mass is 19.1. The summed E-state index contributed by atoms with van der Waals surface area (Å²) in [5, 5.41) is 4.96. The van der Waals surface area contributed by atoms with Gasteiger partial charge in [-0.15, -0.1) is 0 Å². The molecule has 5 rings (SSSR count). The Morgan fingerprint density at radius 3 is 2.27 bits per heavy atom. The van der Waals surface area contributed by atoms with Crippen molar-refractivity contribution in [3.05, 3.63) is 42.0 Å². The number of piperidine rings is 1. The van der Waals surface area contributed by atoms with Crippen molar-refractivity contribution >= 4 is 5.69 Å². The molecule has 3 aliphatic rings. The number of hydrogen-bond donors (Lipinski definition) is 0. The summed E-state index contributed by atoms with van der Waals surface area (Å²) < 4.78 is 20.8. The summed E-state index contributed by atoms with van der Waals surface area (Å²) in [5.74, 6) is 0.366. The van der Waals surface area contributed by atoms with Crippen LogP contribution in [0.5, 0.6) is 0 Å². The van der Waals surface area contributed by atoms with Gasteiger partial charge in [-0.2, -0.15) is 5.10 Å². The largest absolute Gasteiger partial charge is 0.381 e. The molecule has 0 unspecified atom stereocenters. The topological polar surface area (TPSA) is 33.5 Å². The smallest absolute Gasteiger partial charge is 0.123 e. The third-order valence-electron chi connectivity index (χ3n) is 7.45. The standard InChI is InChI=1S/C24H33FN4O/c1-27(21-11-15-30-16-12-21)20-9-13-28(14-10-20)23-17-29(22-7-5-19(25)6-8-22)26-24(23)18-3-2-4-18/h5-8,17-18,20-21H,2-4,9-16H2,1H3. The fourth-order valence-corrected chi connectivity index (χ4v) is 5.22. The molecule has 0 N–H and O–H groups in total. The number of benzene rings is 1. The minimum Gasteiger partial charge on any atom is -0.381 e. The Hall–Kier alpha value is -1.92. The van der Waals surface area contributed by atoms with E-state index in [4.69, 9.17) is 9.84 Å². The minimum atomic E-state index is -0.207. The van der Waals surface area contributed by atoms with Gasteiger partial charge in [-0.1, -0.05) is 6.42 Å². The quantitative estimate of drug-likeness (QED) is 0.731. The van der Waals surface area contributed by atoms with E-state index < -0.39 is 0 Å². The van der Waals surface area contributed by atoms with Crippen LogP contribution in [0.3, 0.4) is 0 Å². The van der Waals surface area contributed by atoms with Gasteiger partial charge in [0.1, 0.15) is 5.82 Å². The summed E-state index contributed by atoms with van der Waals surface area (Å²) in [5.41, 5.74) is 3.45. The van der Waals surface area contributed by atoms with Crippen LogP contribution in [0.15, 0.2) is 30.5 Å². The molecule has 1 aromatic carbocycles. The van der Waals surface area contributed by atoms with Crippen LogP contribution >= 0.6 is 0 Å². The van der Waals surface area contributed by atoms with Crippen molar-refractivity contribution in [1.82, 2.24) is 14.7 Å². The van der Waals surface area contributed by atoms with Gasteiger partial charge in [0.25, 0.3) is 0 Å². The summed E-state index contributed by atoms with van der Waals surface area (Å²) in [6, 6.07) is 7.97. The number of rotatable bonds is 5. The average Bonchev–Trinajstić information content (AvgIpc) is 3.18. The molecule has 3 fully saturated rings. The molecule has 0 spiro atoms. The fourth-order valence-electron chi connectivity index (χ4n) is 5.22. The highest BCUT2D eigenvalue weighted by Crippen LogP contribution is 2.41. The molecule has 5 nitrogen and oxygen atoms in total. The van der Waals surface area contributed by atoms with Gasteiger partial charge < -0.3 is 14.5 Å². The highest BCUT2D eigenvalue weighted by molar-refractivity contribution is 5.54. The van der Waals surface area contributed by atoms with Crippen LogP contribution in [0.2, 0.25) is 0 Å². The Labute approximate surface area is 178 Å². The van der Waals surface area contributed by atoms with Crippen molar-refractivity contribution in [2.75, 3.05) is 38.3 Å². The van der Waals surface area contributed by atoms with E-state index in [1.54, 1.807) is 0 Å². The van der Waals surface area contributed by atoms with Gasteiger partial charge in [0.2, 0.25) is 0 Å². The zero-order chi connectivity index (χ0) is 20.5. The maximum absolute atomic E-state index is 13.4. The second-order valence-corrected chi connectivity index (χ2v) is 9.18. The van der Waals surface area contributed by atoms with Crippen molar-refractivity contribution < 1.29 is 9.13 Å². The molecule has 2 aromatic rings. The Balaban J connectivity index is 1.31. The first-order chi connectivity index (χ1) is 14.7. The zero-order valence-corrected chi connectivity index (χ0v) is 18.0.